The quantitative estimate of drug-likeness (QED) is 0.172. The van der Waals surface area contributed by atoms with E-state index in [0.29, 0.717) is 33.7 Å². The minimum absolute atomic E-state index is 0.245. The fourth-order valence-corrected chi connectivity index (χ4v) is 5.98. The average Bonchev–Trinajstić information content (AvgIpc) is 3.56. The predicted molar refractivity (Wildman–Crippen MR) is 166 cm³/mol. The molecule has 0 saturated heterocycles. The van der Waals surface area contributed by atoms with E-state index in [-0.39, 0.29) is 11.7 Å². The van der Waals surface area contributed by atoms with Crippen molar-refractivity contribution in [1.29, 1.82) is 0 Å². The van der Waals surface area contributed by atoms with Crippen LogP contribution in [0.15, 0.2) is 135 Å². The molecule has 3 nitrogen and oxygen atoms in total. The van der Waals surface area contributed by atoms with Gasteiger partial charge in [0.15, 0.2) is 0 Å². The van der Waals surface area contributed by atoms with Crippen molar-refractivity contribution in [3.63, 3.8) is 0 Å². The van der Waals surface area contributed by atoms with Gasteiger partial charge in [-0.25, -0.2) is 0 Å². The second-order valence-corrected chi connectivity index (χ2v) is 11.6. The molecule has 0 saturated carbocycles. The average molecular weight is 655 g/mol. The number of allylic oxidation sites excluding steroid dienone is 1. The Morgan fingerprint density at radius 1 is 0.650 bits per heavy atom. The Labute approximate surface area is 247 Å². The van der Waals surface area contributed by atoms with Crippen LogP contribution in [0.4, 0.5) is 14.4 Å². The maximum atomic E-state index is 17.2. The van der Waals surface area contributed by atoms with Crippen molar-refractivity contribution in [2.24, 2.45) is 4.99 Å². The van der Waals surface area contributed by atoms with Crippen molar-refractivity contribution >= 4 is 61.8 Å². The van der Waals surface area contributed by atoms with Gasteiger partial charge < -0.3 is 17.6 Å². The zero-order chi connectivity index (χ0) is 27.4. The van der Waals surface area contributed by atoms with Crippen molar-refractivity contribution in [2.75, 3.05) is 0 Å². The number of aromatic nitrogens is 1. The van der Waals surface area contributed by atoms with Gasteiger partial charge in [-0.15, -0.1) is 0 Å². The third-order valence-electron chi connectivity index (χ3n) is 7.30. The molecule has 4 aromatic carbocycles. The van der Waals surface area contributed by atoms with Gasteiger partial charge in [-0.05, 0) is 58.1 Å². The van der Waals surface area contributed by atoms with E-state index >= 15 is 8.63 Å². The summed E-state index contributed by atoms with van der Waals surface area (Å²) in [7, 11) is 0. The van der Waals surface area contributed by atoms with E-state index in [9.17, 15) is 0 Å². The van der Waals surface area contributed by atoms with Gasteiger partial charge in [0.05, 0.1) is 11.3 Å². The molecule has 0 atom stereocenters. The van der Waals surface area contributed by atoms with Gasteiger partial charge in [0, 0.05) is 25.8 Å². The highest BCUT2D eigenvalue weighted by molar-refractivity contribution is 9.10. The van der Waals surface area contributed by atoms with Gasteiger partial charge in [0.1, 0.15) is 0 Å². The molecule has 0 spiro atoms. The molecule has 7 rings (SSSR count). The van der Waals surface area contributed by atoms with E-state index in [4.69, 9.17) is 4.99 Å². The Balaban J connectivity index is 1.55. The first-order valence-corrected chi connectivity index (χ1v) is 14.4. The first kappa shape index (κ1) is 25.1. The summed E-state index contributed by atoms with van der Waals surface area (Å²) in [5.41, 5.74) is 5.20. The van der Waals surface area contributed by atoms with Crippen LogP contribution in [-0.4, -0.2) is 27.5 Å². The van der Waals surface area contributed by atoms with Gasteiger partial charge in [-0.2, -0.15) is 0 Å². The van der Waals surface area contributed by atoms with Gasteiger partial charge >= 0.3 is 6.97 Å². The fourth-order valence-electron chi connectivity index (χ4n) is 5.45. The normalized spacial score (nSPS) is 15.4. The van der Waals surface area contributed by atoms with Crippen molar-refractivity contribution in [3.05, 3.63) is 141 Å². The Hall–Kier alpha value is -3.88. The fraction of sp³-hybridized carbons (Fsp3) is 0. The Bertz CT molecular complexity index is 1860. The minimum atomic E-state index is -4.34. The molecule has 0 radical (unpaired) electrons. The Morgan fingerprint density at radius 2 is 1.20 bits per heavy atom. The highest BCUT2D eigenvalue weighted by atomic mass is 79.9. The number of halogens is 4. The molecule has 40 heavy (non-hydrogen) atoms. The van der Waals surface area contributed by atoms with Gasteiger partial charge in [0.25, 0.3) is 5.84 Å². The monoisotopic (exact) mass is 653 g/mol. The Morgan fingerprint density at radius 3 is 1.80 bits per heavy atom. The zero-order valence-corrected chi connectivity index (χ0v) is 24.1. The van der Waals surface area contributed by atoms with Gasteiger partial charge in [-0.1, -0.05) is 117 Å². The van der Waals surface area contributed by atoms with E-state index in [1.54, 1.807) is 0 Å². The molecule has 0 aliphatic carbocycles. The van der Waals surface area contributed by atoms with Crippen molar-refractivity contribution in [2.45, 2.75) is 0 Å². The molecule has 0 amide bonds. The van der Waals surface area contributed by atoms with Crippen LogP contribution in [-0.2, 0) is 0 Å². The van der Waals surface area contributed by atoms with Crippen LogP contribution in [0, 0.1) is 0 Å². The summed E-state index contributed by atoms with van der Waals surface area (Å²) in [5, 5.41) is 0. The van der Waals surface area contributed by atoms with Gasteiger partial charge in [0.2, 0.25) is 5.82 Å². The van der Waals surface area contributed by atoms with Crippen LogP contribution in [0.2, 0.25) is 0 Å². The maximum absolute atomic E-state index is 17.2. The second-order valence-electron chi connectivity index (χ2n) is 9.72. The summed E-state index contributed by atoms with van der Waals surface area (Å²) < 4.78 is 38.5. The lowest BCUT2D eigenvalue weighted by Crippen LogP contribution is -2.53. The van der Waals surface area contributed by atoms with E-state index in [1.807, 2.05) is 121 Å². The smallest absolute Gasteiger partial charge is 0.414 e. The van der Waals surface area contributed by atoms with Crippen molar-refractivity contribution in [1.82, 2.24) is 4.48 Å². The summed E-state index contributed by atoms with van der Waals surface area (Å²) in [6, 6.07) is 35.8. The SMILES string of the molecule is F[B-]1(F)n2c(-c3ccccc3)cc(-c3ccc(Br)cc3)c2N=C2C(c3ccc(Br)cc3)=CC(c3ccccc3)=[N+]21. The minimum Gasteiger partial charge on any atom is -0.414 e. The standard InChI is InChI=1S/C32H20BBr2F2N3/c34-25-15-11-21(12-16-25)27-19-29(23-7-3-1-4-8-23)39-31(27)38-32-28(22-13-17-26(35)18-14-22)20-30(40(32)33(39,36)37)24-9-5-2-6-10-24/h1-20H. The number of hydrogen-bond donors (Lipinski definition) is 0. The first-order valence-electron chi connectivity index (χ1n) is 12.8. The molecule has 2 aliphatic rings. The number of hydrogen-bond acceptors (Lipinski definition) is 1. The Kier molecular flexibility index (Phi) is 6.06. The molecular formula is C32H20BBr2F2N3. The van der Waals surface area contributed by atoms with E-state index in [1.165, 1.54) is 0 Å². The van der Waals surface area contributed by atoms with Crippen molar-refractivity contribution in [3.8, 4) is 22.4 Å². The third-order valence-corrected chi connectivity index (χ3v) is 8.36. The summed E-state index contributed by atoms with van der Waals surface area (Å²) in [5.74, 6) is 0.490. The van der Waals surface area contributed by atoms with E-state index < -0.39 is 6.97 Å². The lowest BCUT2D eigenvalue weighted by molar-refractivity contribution is -0.291. The number of amidine groups is 1. The van der Waals surface area contributed by atoms with E-state index in [2.05, 4.69) is 31.9 Å². The molecule has 0 unspecified atom stereocenters. The number of benzene rings is 4. The summed E-state index contributed by atoms with van der Waals surface area (Å²) >= 11 is 6.97. The van der Waals surface area contributed by atoms with Crippen LogP contribution < -0.4 is 0 Å². The summed E-state index contributed by atoms with van der Waals surface area (Å²) in [4.78, 5) is 5.03. The molecule has 0 bridgehead atoms. The number of nitrogens with zero attached hydrogens (tertiary/aromatic N) is 3. The van der Waals surface area contributed by atoms with Crippen molar-refractivity contribution < 1.29 is 13.1 Å². The first-order chi connectivity index (χ1) is 19.4. The van der Waals surface area contributed by atoms with Crippen LogP contribution >= 0.6 is 31.9 Å². The number of fused-ring (bicyclic) bond motifs is 2. The highest BCUT2D eigenvalue weighted by Crippen LogP contribution is 2.46. The molecule has 3 heterocycles. The maximum Gasteiger partial charge on any atom is 0.642 e. The van der Waals surface area contributed by atoms with Crippen LogP contribution in [0.25, 0.3) is 28.0 Å². The lowest BCUT2D eigenvalue weighted by Gasteiger charge is -2.32. The topological polar surface area (TPSA) is 20.3 Å². The summed E-state index contributed by atoms with van der Waals surface area (Å²) in [6.07, 6.45) is 1.83. The van der Waals surface area contributed by atoms with Crippen LogP contribution in [0.1, 0.15) is 11.1 Å². The summed E-state index contributed by atoms with van der Waals surface area (Å²) in [6.45, 7) is -4.34. The molecule has 8 heteroatoms. The molecule has 1 aromatic heterocycles. The zero-order valence-electron chi connectivity index (χ0n) is 21.0. The van der Waals surface area contributed by atoms with Crippen LogP contribution in [0.5, 0.6) is 0 Å². The molecule has 0 N–H and O–H groups in total. The predicted octanol–water partition coefficient (Wildman–Crippen LogP) is 9.21. The highest BCUT2D eigenvalue weighted by Gasteiger charge is 2.53. The van der Waals surface area contributed by atoms with Gasteiger partial charge in [-0.3, -0.25) is 0 Å². The molecular weight excluding hydrogens is 635 g/mol. The largest absolute Gasteiger partial charge is 0.642 e. The lowest BCUT2D eigenvalue weighted by atomic mass is 9.91. The van der Waals surface area contributed by atoms with E-state index in [0.717, 1.165) is 29.0 Å². The molecule has 0 fully saturated rings. The number of rotatable bonds is 4. The molecule has 5 aromatic rings. The number of aliphatic imine (C=N–C) groups is 1. The molecule has 194 valence electrons. The third kappa shape index (κ3) is 4.05. The second kappa shape index (κ2) is 9.64. The van der Waals surface area contributed by atoms with Crippen LogP contribution in [0.3, 0.4) is 0 Å². The molecule has 2 aliphatic heterocycles.